The molecule has 0 spiro atoms. The molecule has 0 saturated carbocycles. The predicted octanol–water partition coefficient (Wildman–Crippen LogP) is 1.99. The van der Waals surface area contributed by atoms with Crippen molar-refractivity contribution in [3.63, 3.8) is 0 Å². The van der Waals surface area contributed by atoms with E-state index in [9.17, 15) is 10.2 Å². The monoisotopic (exact) mass is 253 g/mol. The van der Waals surface area contributed by atoms with Gasteiger partial charge < -0.3 is 14.9 Å². The van der Waals surface area contributed by atoms with Gasteiger partial charge in [-0.3, -0.25) is 4.90 Å². The Hall–Kier alpha value is -1.26. The summed E-state index contributed by atoms with van der Waals surface area (Å²) in [6, 6.07) is 5.28. The normalized spacial score (nSPS) is 11.9. The summed E-state index contributed by atoms with van der Waals surface area (Å²) < 4.78 is 5.05. The zero-order valence-corrected chi connectivity index (χ0v) is 11.6. The van der Waals surface area contributed by atoms with Crippen molar-refractivity contribution in [1.29, 1.82) is 0 Å². The van der Waals surface area contributed by atoms with Crippen LogP contribution in [0.5, 0.6) is 11.5 Å². The van der Waals surface area contributed by atoms with Gasteiger partial charge in [0.1, 0.15) is 11.5 Å². The third-order valence-corrected chi connectivity index (χ3v) is 2.74. The van der Waals surface area contributed by atoms with Gasteiger partial charge in [-0.1, -0.05) is 13.0 Å². The van der Waals surface area contributed by atoms with Crippen LogP contribution in [0.1, 0.15) is 26.3 Å². The number of hydrogen-bond acceptors (Lipinski definition) is 4. The largest absolute Gasteiger partial charge is 0.507 e. The Kier molecular flexibility index (Phi) is 4.99. The average Bonchev–Trinajstić information content (AvgIpc) is 2.28. The minimum atomic E-state index is -0.738. The van der Waals surface area contributed by atoms with E-state index in [-0.39, 0.29) is 5.75 Å². The summed E-state index contributed by atoms with van der Waals surface area (Å²) in [5.41, 5.74) is 0.0971. The molecule has 0 amide bonds. The number of aliphatic hydroxyl groups is 1. The van der Waals surface area contributed by atoms with E-state index in [1.54, 1.807) is 27.0 Å². The second-order valence-electron chi connectivity index (χ2n) is 5.11. The zero-order valence-electron chi connectivity index (χ0n) is 11.6. The molecule has 0 aromatic heterocycles. The second kappa shape index (κ2) is 6.07. The van der Waals surface area contributed by atoms with E-state index in [4.69, 9.17) is 4.74 Å². The van der Waals surface area contributed by atoms with Gasteiger partial charge in [-0.05, 0) is 26.5 Å². The molecule has 18 heavy (non-hydrogen) atoms. The highest BCUT2D eigenvalue weighted by Crippen LogP contribution is 2.24. The fraction of sp³-hybridized carbons (Fsp3) is 0.571. The first kappa shape index (κ1) is 14.8. The van der Waals surface area contributed by atoms with Crippen molar-refractivity contribution in [2.24, 2.45) is 0 Å². The minimum absolute atomic E-state index is 0.226. The number of hydrogen-bond donors (Lipinski definition) is 2. The summed E-state index contributed by atoms with van der Waals surface area (Å²) in [6.07, 6.45) is 0. The Morgan fingerprint density at radius 1 is 1.33 bits per heavy atom. The molecule has 0 aliphatic rings. The topological polar surface area (TPSA) is 52.9 Å². The van der Waals surface area contributed by atoms with E-state index >= 15 is 0 Å². The van der Waals surface area contributed by atoms with Gasteiger partial charge in [0.2, 0.25) is 0 Å². The fourth-order valence-corrected chi connectivity index (χ4v) is 1.87. The molecule has 1 rings (SSSR count). The van der Waals surface area contributed by atoms with Crippen LogP contribution in [0.3, 0.4) is 0 Å². The first-order chi connectivity index (χ1) is 8.35. The molecule has 0 aliphatic carbocycles. The third kappa shape index (κ3) is 4.55. The number of likely N-dealkylation sites (N-methyl/N-ethyl adjacent to an activating group) is 1. The van der Waals surface area contributed by atoms with E-state index in [1.165, 1.54) is 0 Å². The molecule has 0 unspecified atom stereocenters. The van der Waals surface area contributed by atoms with Crippen molar-refractivity contribution >= 4 is 0 Å². The van der Waals surface area contributed by atoms with Gasteiger partial charge in [0.15, 0.2) is 0 Å². The second-order valence-corrected chi connectivity index (χ2v) is 5.11. The predicted molar refractivity (Wildman–Crippen MR) is 71.9 cm³/mol. The number of phenolic OH excluding ortho intramolecular Hbond substituents is 1. The molecule has 1 aromatic rings. The SMILES string of the molecule is CCN(Cc1ccc(OC)cc1O)CC(C)(C)O. The smallest absolute Gasteiger partial charge is 0.123 e. The van der Waals surface area contributed by atoms with Gasteiger partial charge in [-0.25, -0.2) is 0 Å². The molecule has 102 valence electrons. The maximum atomic E-state index is 9.90. The van der Waals surface area contributed by atoms with Crippen molar-refractivity contribution in [2.75, 3.05) is 20.2 Å². The summed E-state index contributed by atoms with van der Waals surface area (Å²) in [6.45, 7) is 7.58. The molecular formula is C14H23NO3. The first-order valence-electron chi connectivity index (χ1n) is 6.16. The van der Waals surface area contributed by atoms with E-state index in [0.29, 0.717) is 18.8 Å². The van der Waals surface area contributed by atoms with E-state index in [0.717, 1.165) is 12.1 Å². The lowest BCUT2D eigenvalue weighted by Crippen LogP contribution is -2.38. The highest BCUT2D eigenvalue weighted by Gasteiger charge is 2.18. The molecule has 0 atom stereocenters. The van der Waals surface area contributed by atoms with Gasteiger partial charge >= 0.3 is 0 Å². The van der Waals surface area contributed by atoms with E-state index in [2.05, 4.69) is 4.90 Å². The molecule has 0 bridgehead atoms. The number of nitrogens with zero attached hydrogens (tertiary/aromatic N) is 1. The summed E-state index contributed by atoms with van der Waals surface area (Å²) in [5, 5.41) is 19.7. The standard InChI is InChI=1S/C14H23NO3/c1-5-15(10-14(2,3)17)9-11-6-7-12(18-4)8-13(11)16/h6-8,16-17H,5,9-10H2,1-4H3. The van der Waals surface area contributed by atoms with Gasteiger partial charge in [-0.15, -0.1) is 0 Å². The van der Waals surface area contributed by atoms with Crippen LogP contribution in [0.2, 0.25) is 0 Å². The van der Waals surface area contributed by atoms with Crippen LogP contribution in [0.4, 0.5) is 0 Å². The van der Waals surface area contributed by atoms with Crippen LogP contribution in [-0.2, 0) is 6.54 Å². The number of ether oxygens (including phenoxy) is 1. The molecular weight excluding hydrogens is 230 g/mol. The van der Waals surface area contributed by atoms with Crippen LogP contribution >= 0.6 is 0 Å². The van der Waals surface area contributed by atoms with Crippen LogP contribution < -0.4 is 4.74 Å². The van der Waals surface area contributed by atoms with Gasteiger partial charge in [0, 0.05) is 24.7 Å². The van der Waals surface area contributed by atoms with Crippen molar-refractivity contribution < 1.29 is 14.9 Å². The zero-order chi connectivity index (χ0) is 13.8. The molecule has 0 fully saturated rings. The Balaban J connectivity index is 2.76. The lowest BCUT2D eigenvalue weighted by Gasteiger charge is -2.28. The third-order valence-electron chi connectivity index (χ3n) is 2.74. The van der Waals surface area contributed by atoms with Crippen LogP contribution in [-0.4, -0.2) is 40.9 Å². The molecule has 0 radical (unpaired) electrons. The molecule has 0 heterocycles. The Bertz CT molecular complexity index is 385. The van der Waals surface area contributed by atoms with Crippen LogP contribution in [0, 0.1) is 0 Å². The Labute approximate surface area is 109 Å². The average molecular weight is 253 g/mol. The van der Waals surface area contributed by atoms with Crippen molar-refractivity contribution in [2.45, 2.75) is 32.9 Å². The molecule has 1 aromatic carbocycles. The van der Waals surface area contributed by atoms with Gasteiger partial charge in [0.25, 0.3) is 0 Å². The summed E-state index contributed by atoms with van der Waals surface area (Å²) in [5.74, 6) is 0.866. The summed E-state index contributed by atoms with van der Waals surface area (Å²) >= 11 is 0. The van der Waals surface area contributed by atoms with Crippen LogP contribution in [0.25, 0.3) is 0 Å². The summed E-state index contributed by atoms with van der Waals surface area (Å²) in [4.78, 5) is 2.08. The molecule has 4 heteroatoms. The number of rotatable bonds is 6. The highest BCUT2D eigenvalue weighted by atomic mass is 16.5. The first-order valence-corrected chi connectivity index (χ1v) is 6.16. The minimum Gasteiger partial charge on any atom is -0.507 e. The summed E-state index contributed by atoms with van der Waals surface area (Å²) in [7, 11) is 1.57. The van der Waals surface area contributed by atoms with Gasteiger partial charge in [-0.2, -0.15) is 0 Å². The maximum absolute atomic E-state index is 9.90. The van der Waals surface area contributed by atoms with Crippen molar-refractivity contribution in [3.8, 4) is 11.5 Å². The van der Waals surface area contributed by atoms with E-state index in [1.807, 2.05) is 19.1 Å². The van der Waals surface area contributed by atoms with Crippen LogP contribution in [0.15, 0.2) is 18.2 Å². The maximum Gasteiger partial charge on any atom is 0.123 e. The van der Waals surface area contributed by atoms with Crippen molar-refractivity contribution in [3.05, 3.63) is 23.8 Å². The number of aromatic hydroxyl groups is 1. The molecule has 0 saturated heterocycles. The van der Waals surface area contributed by atoms with Gasteiger partial charge in [0.05, 0.1) is 12.7 Å². The lowest BCUT2D eigenvalue weighted by atomic mass is 10.1. The fourth-order valence-electron chi connectivity index (χ4n) is 1.87. The Morgan fingerprint density at radius 3 is 2.44 bits per heavy atom. The van der Waals surface area contributed by atoms with Crippen molar-refractivity contribution in [1.82, 2.24) is 4.90 Å². The molecule has 4 nitrogen and oxygen atoms in total. The lowest BCUT2D eigenvalue weighted by molar-refractivity contribution is 0.0351. The quantitative estimate of drug-likeness (QED) is 0.814. The molecule has 2 N–H and O–H groups in total. The number of phenols is 1. The Morgan fingerprint density at radius 2 is 2.00 bits per heavy atom. The highest BCUT2D eigenvalue weighted by molar-refractivity contribution is 5.39. The van der Waals surface area contributed by atoms with E-state index < -0.39 is 5.60 Å². The number of methoxy groups -OCH3 is 1. The number of benzene rings is 1. The molecule has 0 aliphatic heterocycles.